The fourth-order valence-corrected chi connectivity index (χ4v) is 0.891. The molecule has 0 fully saturated rings. The van der Waals surface area contributed by atoms with E-state index in [1.54, 1.807) is 7.11 Å². The molecule has 1 N–H and O–H groups in total. The summed E-state index contributed by atoms with van der Waals surface area (Å²) in [4.78, 5) is 12.8. The smallest absolute Gasteiger partial charge is 0.319 e. The Hall–Kier alpha value is -0.650. The van der Waals surface area contributed by atoms with Gasteiger partial charge in [0.25, 0.3) is 0 Å². The third kappa shape index (κ3) is 7.97. The lowest BCUT2D eigenvalue weighted by Gasteiger charge is -2.15. The van der Waals surface area contributed by atoms with Gasteiger partial charge < -0.3 is 19.7 Å². The van der Waals surface area contributed by atoms with Crippen molar-refractivity contribution in [1.82, 2.24) is 10.2 Å². The van der Waals surface area contributed by atoms with Crippen LogP contribution in [-0.4, -0.2) is 64.9 Å². The minimum atomic E-state index is -0.232. The number of hydrogen-bond acceptors (Lipinski definition) is 5. The van der Waals surface area contributed by atoms with Crippen molar-refractivity contribution in [3.63, 3.8) is 0 Å². The van der Waals surface area contributed by atoms with Crippen molar-refractivity contribution in [2.24, 2.45) is 0 Å². The van der Waals surface area contributed by atoms with Crippen LogP contribution >= 0.6 is 0 Å². The van der Waals surface area contributed by atoms with Crippen LogP contribution in [0.15, 0.2) is 0 Å². The fraction of sp³-hybridized carbons (Fsp3) is 0.889. The Morgan fingerprint density at radius 3 is 2.64 bits per heavy atom. The number of likely N-dealkylation sites (N-methyl/N-ethyl adjacent to an activating group) is 1. The van der Waals surface area contributed by atoms with Gasteiger partial charge in [0.1, 0.15) is 0 Å². The van der Waals surface area contributed by atoms with Crippen molar-refractivity contribution < 1.29 is 14.3 Å². The van der Waals surface area contributed by atoms with Crippen molar-refractivity contribution in [1.29, 1.82) is 0 Å². The van der Waals surface area contributed by atoms with E-state index in [0.29, 0.717) is 0 Å². The molecule has 0 aromatic rings. The zero-order valence-electron chi connectivity index (χ0n) is 9.21. The standard InChI is InChI=1S/C9H20N2O3/c1-11(6-7-13-2)5-4-10-8-9(12)14-3/h10H,4-8H2,1-3H3. The zero-order chi connectivity index (χ0) is 10.8. The van der Waals surface area contributed by atoms with E-state index >= 15 is 0 Å². The highest BCUT2D eigenvalue weighted by Gasteiger charge is 2.00. The van der Waals surface area contributed by atoms with Gasteiger partial charge in [-0.25, -0.2) is 0 Å². The molecule has 0 saturated carbocycles. The minimum Gasteiger partial charge on any atom is -0.468 e. The molecular formula is C9H20N2O3. The lowest BCUT2D eigenvalue weighted by molar-refractivity contribution is -0.139. The summed E-state index contributed by atoms with van der Waals surface area (Å²) < 4.78 is 9.43. The van der Waals surface area contributed by atoms with Crippen molar-refractivity contribution in [2.45, 2.75) is 0 Å². The number of esters is 1. The molecule has 0 aliphatic rings. The van der Waals surface area contributed by atoms with Gasteiger partial charge in [-0.2, -0.15) is 0 Å². The molecule has 0 radical (unpaired) electrons. The number of nitrogens with zero attached hydrogens (tertiary/aromatic N) is 1. The molecule has 0 aromatic heterocycles. The van der Waals surface area contributed by atoms with Crippen LogP contribution in [0.4, 0.5) is 0 Å². The molecule has 5 heteroatoms. The molecular weight excluding hydrogens is 184 g/mol. The highest BCUT2D eigenvalue weighted by Crippen LogP contribution is 1.80. The summed E-state index contributed by atoms with van der Waals surface area (Å²) in [6.07, 6.45) is 0. The molecule has 0 bridgehead atoms. The lowest BCUT2D eigenvalue weighted by Crippen LogP contribution is -2.34. The average Bonchev–Trinajstić information content (AvgIpc) is 2.21. The first-order chi connectivity index (χ1) is 6.70. The second-order valence-electron chi connectivity index (χ2n) is 3.05. The molecule has 0 aromatic carbocycles. The first-order valence-electron chi connectivity index (χ1n) is 4.65. The third-order valence-corrected chi connectivity index (χ3v) is 1.84. The second-order valence-corrected chi connectivity index (χ2v) is 3.05. The van der Waals surface area contributed by atoms with E-state index in [2.05, 4.69) is 15.0 Å². The van der Waals surface area contributed by atoms with Gasteiger partial charge in [-0.3, -0.25) is 4.79 Å². The van der Waals surface area contributed by atoms with Crippen LogP contribution in [0.3, 0.4) is 0 Å². The van der Waals surface area contributed by atoms with Gasteiger partial charge in [-0.1, -0.05) is 0 Å². The Morgan fingerprint density at radius 2 is 2.07 bits per heavy atom. The predicted octanol–water partition coefficient (Wildman–Crippen LogP) is -0.673. The summed E-state index contributed by atoms with van der Waals surface area (Å²) in [6, 6.07) is 0. The van der Waals surface area contributed by atoms with Gasteiger partial charge in [-0.15, -0.1) is 0 Å². The fourth-order valence-electron chi connectivity index (χ4n) is 0.891. The largest absolute Gasteiger partial charge is 0.468 e. The van der Waals surface area contributed by atoms with Crippen molar-refractivity contribution in [2.75, 3.05) is 54.1 Å². The summed E-state index contributed by atoms with van der Waals surface area (Å²) in [7, 11) is 5.08. The van der Waals surface area contributed by atoms with Crippen LogP contribution in [-0.2, 0) is 14.3 Å². The van der Waals surface area contributed by atoms with Crippen LogP contribution in [0.5, 0.6) is 0 Å². The van der Waals surface area contributed by atoms with Gasteiger partial charge in [-0.05, 0) is 7.05 Å². The number of carbonyl (C=O) groups is 1. The van der Waals surface area contributed by atoms with E-state index < -0.39 is 0 Å². The molecule has 0 rings (SSSR count). The number of ether oxygens (including phenoxy) is 2. The summed E-state index contributed by atoms with van der Waals surface area (Å²) in [6.45, 7) is 3.56. The Labute approximate surface area is 85.4 Å². The van der Waals surface area contributed by atoms with Crippen LogP contribution in [0.1, 0.15) is 0 Å². The van der Waals surface area contributed by atoms with E-state index in [4.69, 9.17) is 4.74 Å². The van der Waals surface area contributed by atoms with Crippen LogP contribution in [0.2, 0.25) is 0 Å². The quantitative estimate of drug-likeness (QED) is 0.420. The maximum Gasteiger partial charge on any atom is 0.319 e. The van der Waals surface area contributed by atoms with E-state index in [1.807, 2.05) is 7.05 Å². The highest BCUT2D eigenvalue weighted by molar-refractivity contribution is 5.71. The first kappa shape index (κ1) is 13.4. The number of carbonyl (C=O) groups excluding carboxylic acids is 1. The topological polar surface area (TPSA) is 50.8 Å². The normalized spacial score (nSPS) is 10.6. The number of methoxy groups -OCH3 is 2. The Bertz CT molecular complexity index is 153. The molecule has 0 unspecified atom stereocenters. The molecule has 0 heterocycles. The van der Waals surface area contributed by atoms with Gasteiger partial charge in [0.2, 0.25) is 0 Å². The molecule has 84 valence electrons. The Morgan fingerprint density at radius 1 is 1.36 bits per heavy atom. The molecule has 0 spiro atoms. The summed E-state index contributed by atoms with van der Waals surface area (Å²) in [5.74, 6) is -0.232. The van der Waals surface area contributed by atoms with Crippen molar-refractivity contribution >= 4 is 5.97 Å². The summed E-state index contributed by atoms with van der Waals surface area (Å²) in [5.41, 5.74) is 0. The molecule has 0 atom stereocenters. The zero-order valence-corrected chi connectivity index (χ0v) is 9.21. The lowest BCUT2D eigenvalue weighted by atomic mass is 10.5. The third-order valence-electron chi connectivity index (χ3n) is 1.84. The van der Waals surface area contributed by atoms with Gasteiger partial charge in [0.05, 0.1) is 20.3 Å². The molecule has 5 nitrogen and oxygen atoms in total. The molecule has 14 heavy (non-hydrogen) atoms. The maximum atomic E-state index is 10.7. The van der Waals surface area contributed by atoms with E-state index in [0.717, 1.165) is 26.2 Å². The molecule has 0 saturated heterocycles. The molecule has 0 amide bonds. The highest BCUT2D eigenvalue weighted by atomic mass is 16.5. The second kappa shape index (κ2) is 8.93. The van der Waals surface area contributed by atoms with Crippen molar-refractivity contribution in [3.8, 4) is 0 Å². The van der Waals surface area contributed by atoms with Gasteiger partial charge in [0, 0.05) is 26.7 Å². The van der Waals surface area contributed by atoms with E-state index in [-0.39, 0.29) is 12.5 Å². The number of hydrogen-bond donors (Lipinski definition) is 1. The Kier molecular flexibility index (Phi) is 8.51. The monoisotopic (exact) mass is 204 g/mol. The first-order valence-corrected chi connectivity index (χ1v) is 4.65. The van der Waals surface area contributed by atoms with Crippen LogP contribution in [0, 0.1) is 0 Å². The van der Waals surface area contributed by atoms with Crippen LogP contribution in [0.25, 0.3) is 0 Å². The molecule has 0 aliphatic heterocycles. The van der Waals surface area contributed by atoms with E-state index in [9.17, 15) is 4.79 Å². The number of rotatable bonds is 8. The van der Waals surface area contributed by atoms with Gasteiger partial charge in [0.15, 0.2) is 0 Å². The van der Waals surface area contributed by atoms with Crippen molar-refractivity contribution in [3.05, 3.63) is 0 Å². The maximum absolute atomic E-state index is 10.7. The SMILES string of the molecule is COCCN(C)CCNCC(=O)OC. The molecule has 0 aliphatic carbocycles. The summed E-state index contributed by atoms with van der Waals surface area (Å²) >= 11 is 0. The van der Waals surface area contributed by atoms with E-state index in [1.165, 1.54) is 7.11 Å². The minimum absolute atomic E-state index is 0.232. The number of nitrogens with one attached hydrogen (secondary N) is 1. The predicted molar refractivity (Wildman–Crippen MR) is 54.3 cm³/mol. The average molecular weight is 204 g/mol. The summed E-state index contributed by atoms with van der Waals surface area (Å²) in [5, 5.41) is 2.99. The Balaban J connectivity index is 3.22. The van der Waals surface area contributed by atoms with Crippen LogP contribution < -0.4 is 5.32 Å². The van der Waals surface area contributed by atoms with Gasteiger partial charge >= 0.3 is 5.97 Å².